The zero-order valence-corrected chi connectivity index (χ0v) is 16.6. The van der Waals surface area contributed by atoms with Crippen LogP contribution in [0.2, 0.25) is 0 Å². The van der Waals surface area contributed by atoms with Crippen molar-refractivity contribution in [3.05, 3.63) is 52.2 Å². The maximum atomic E-state index is 9.64. The lowest BCUT2D eigenvalue weighted by Crippen LogP contribution is -2.39. The van der Waals surface area contributed by atoms with Crippen LogP contribution in [-0.2, 0) is 19.4 Å². The van der Waals surface area contributed by atoms with Crippen molar-refractivity contribution >= 4 is 5.82 Å². The number of rotatable bonds is 6. The predicted molar refractivity (Wildman–Crippen MR) is 109 cm³/mol. The SMILES string of the molecule is CCc1nnc(NC2CCN(Cc3cccc(C)c3)CC2)c(C#N)c1CC. The molecule has 5 heteroatoms. The Kier molecular flexibility index (Phi) is 6.41. The first-order chi connectivity index (χ1) is 13.1. The lowest BCUT2D eigenvalue weighted by atomic mass is 10.0. The molecule has 1 fully saturated rings. The quantitative estimate of drug-likeness (QED) is 0.844. The third-order valence-corrected chi connectivity index (χ3v) is 5.37. The average Bonchev–Trinajstić information content (AvgIpc) is 2.69. The van der Waals surface area contributed by atoms with Gasteiger partial charge in [0.25, 0.3) is 0 Å². The number of nitriles is 1. The Morgan fingerprint density at radius 1 is 1.19 bits per heavy atom. The lowest BCUT2D eigenvalue weighted by Gasteiger charge is -2.32. The Bertz CT molecular complexity index is 816. The number of aromatic nitrogens is 2. The summed E-state index contributed by atoms with van der Waals surface area (Å²) in [4.78, 5) is 2.50. The standard InChI is InChI=1S/C22H29N5/c1-4-19-20(14-23)22(26-25-21(19)5-2)24-18-9-11-27(12-10-18)15-17-8-6-7-16(3)13-17/h6-8,13,18H,4-5,9-12,15H2,1-3H3,(H,24,26). The third kappa shape index (κ3) is 4.64. The van der Waals surface area contributed by atoms with Crippen molar-refractivity contribution in [2.45, 2.75) is 59.0 Å². The van der Waals surface area contributed by atoms with Crippen molar-refractivity contribution in [1.82, 2.24) is 15.1 Å². The smallest absolute Gasteiger partial charge is 0.167 e. The molecule has 5 nitrogen and oxygen atoms in total. The summed E-state index contributed by atoms with van der Waals surface area (Å²) in [6.45, 7) is 9.37. The van der Waals surface area contributed by atoms with Crippen molar-refractivity contribution in [2.75, 3.05) is 18.4 Å². The van der Waals surface area contributed by atoms with Gasteiger partial charge in [-0.2, -0.15) is 10.4 Å². The molecule has 1 saturated heterocycles. The first-order valence-corrected chi connectivity index (χ1v) is 9.97. The molecule has 142 valence electrons. The number of anilines is 1. The Balaban J connectivity index is 1.62. The van der Waals surface area contributed by atoms with E-state index < -0.39 is 0 Å². The highest BCUT2D eigenvalue weighted by atomic mass is 15.2. The molecule has 2 aromatic rings. The number of piperidine rings is 1. The zero-order chi connectivity index (χ0) is 19.2. The van der Waals surface area contributed by atoms with E-state index in [4.69, 9.17) is 0 Å². The highest BCUT2D eigenvalue weighted by molar-refractivity contribution is 5.57. The Morgan fingerprint density at radius 3 is 2.59 bits per heavy atom. The summed E-state index contributed by atoms with van der Waals surface area (Å²) in [7, 11) is 0. The fraction of sp³-hybridized carbons (Fsp3) is 0.500. The molecule has 2 heterocycles. The number of benzene rings is 1. The highest BCUT2D eigenvalue weighted by Crippen LogP contribution is 2.23. The van der Waals surface area contributed by atoms with Crippen LogP contribution >= 0.6 is 0 Å². The van der Waals surface area contributed by atoms with Crippen molar-refractivity contribution in [3.63, 3.8) is 0 Å². The number of likely N-dealkylation sites (tertiary alicyclic amines) is 1. The van der Waals surface area contributed by atoms with Crippen LogP contribution in [0.4, 0.5) is 5.82 Å². The molecular weight excluding hydrogens is 334 g/mol. The van der Waals surface area contributed by atoms with Crippen molar-refractivity contribution in [3.8, 4) is 6.07 Å². The number of hydrogen-bond acceptors (Lipinski definition) is 5. The Hall–Kier alpha value is -2.45. The van der Waals surface area contributed by atoms with Crippen LogP contribution in [0.1, 0.15) is 54.6 Å². The van der Waals surface area contributed by atoms with E-state index in [-0.39, 0.29) is 0 Å². The molecule has 0 saturated carbocycles. The van der Waals surface area contributed by atoms with Crippen LogP contribution in [-0.4, -0.2) is 34.2 Å². The molecule has 0 atom stereocenters. The minimum absolute atomic E-state index is 0.345. The van der Waals surface area contributed by atoms with Gasteiger partial charge in [-0.3, -0.25) is 4.90 Å². The molecule has 1 aliphatic rings. The van der Waals surface area contributed by atoms with Gasteiger partial charge < -0.3 is 5.32 Å². The van der Waals surface area contributed by atoms with Crippen LogP contribution in [0.15, 0.2) is 24.3 Å². The lowest BCUT2D eigenvalue weighted by molar-refractivity contribution is 0.211. The van der Waals surface area contributed by atoms with E-state index in [1.165, 1.54) is 11.1 Å². The minimum atomic E-state index is 0.345. The van der Waals surface area contributed by atoms with Crippen LogP contribution in [0.3, 0.4) is 0 Å². The number of nitrogens with one attached hydrogen (secondary N) is 1. The normalized spacial score (nSPS) is 15.5. The monoisotopic (exact) mass is 363 g/mol. The van der Waals surface area contributed by atoms with Gasteiger partial charge in [0.2, 0.25) is 0 Å². The van der Waals surface area contributed by atoms with Gasteiger partial charge in [-0.25, -0.2) is 0 Å². The molecule has 0 radical (unpaired) electrons. The molecule has 0 aliphatic carbocycles. The van der Waals surface area contributed by atoms with Crippen molar-refractivity contribution < 1.29 is 0 Å². The van der Waals surface area contributed by atoms with E-state index in [0.717, 1.165) is 56.6 Å². The summed E-state index contributed by atoms with van der Waals surface area (Å²) in [5, 5.41) is 21.8. The number of hydrogen-bond donors (Lipinski definition) is 1. The van der Waals surface area contributed by atoms with Gasteiger partial charge in [-0.1, -0.05) is 43.7 Å². The number of nitrogens with zero attached hydrogens (tertiary/aromatic N) is 4. The summed E-state index contributed by atoms with van der Waals surface area (Å²) >= 11 is 0. The van der Waals surface area contributed by atoms with E-state index in [1.54, 1.807) is 0 Å². The topological polar surface area (TPSA) is 64.8 Å². The second-order valence-corrected chi connectivity index (χ2v) is 7.35. The van der Waals surface area contributed by atoms with E-state index in [9.17, 15) is 5.26 Å². The molecule has 1 aromatic heterocycles. The summed E-state index contributed by atoms with van der Waals surface area (Å²) in [5.41, 5.74) is 5.34. The predicted octanol–water partition coefficient (Wildman–Crippen LogP) is 3.86. The second kappa shape index (κ2) is 8.96. The summed E-state index contributed by atoms with van der Waals surface area (Å²) in [6, 6.07) is 11.4. The molecule has 27 heavy (non-hydrogen) atoms. The van der Waals surface area contributed by atoms with E-state index in [0.29, 0.717) is 17.4 Å². The number of aryl methyl sites for hydroxylation is 2. The van der Waals surface area contributed by atoms with Gasteiger partial charge >= 0.3 is 0 Å². The van der Waals surface area contributed by atoms with Gasteiger partial charge in [-0.15, -0.1) is 5.10 Å². The maximum Gasteiger partial charge on any atom is 0.167 e. The van der Waals surface area contributed by atoms with Gasteiger partial charge in [0.1, 0.15) is 11.6 Å². The Labute approximate surface area is 162 Å². The van der Waals surface area contributed by atoms with E-state index in [2.05, 4.69) is 71.5 Å². The first-order valence-electron chi connectivity index (χ1n) is 9.97. The van der Waals surface area contributed by atoms with Crippen LogP contribution < -0.4 is 5.32 Å². The van der Waals surface area contributed by atoms with Gasteiger partial charge in [0.05, 0.1) is 5.69 Å². The van der Waals surface area contributed by atoms with Crippen LogP contribution in [0, 0.1) is 18.3 Å². The molecule has 3 rings (SSSR count). The van der Waals surface area contributed by atoms with Crippen LogP contribution in [0.5, 0.6) is 0 Å². The largest absolute Gasteiger partial charge is 0.365 e. The van der Waals surface area contributed by atoms with Gasteiger partial charge in [0.15, 0.2) is 5.82 Å². The van der Waals surface area contributed by atoms with Crippen molar-refractivity contribution in [2.24, 2.45) is 0 Å². The third-order valence-electron chi connectivity index (χ3n) is 5.37. The van der Waals surface area contributed by atoms with Crippen molar-refractivity contribution in [1.29, 1.82) is 5.26 Å². The van der Waals surface area contributed by atoms with E-state index in [1.807, 2.05) is 0 Å². The maximum absolute atomic E-state index is 9.64. The minimum Gasteiger partial charge on any atom is -0.365 e. The molecule has 0 amide bonds. The van der Waals surface area contributed by atoms with Gasteiger partial charge in [0, 0.05) is 25.7 Å². The highest BCUT2D eigenvalue weighted by Gasteiger charge is 2.22. The first kappa shape index (κ1) is 19.3. The van der Waals surface area contributed by atoms with Gasteiger partial charge in [-0.05, 0) is 43.7 Å². The average molecular weight is 364 g/mol. The summed E-state index contributed by atoms with van der Waals surface area (Å²) in [6.07, 6.45) is 3.72. The Morgan fingerprint density at radius 2 is 1.96 bits per heavy atom. The molecular formula is C22H29N5. The van der Waals surface area contributed by atoms with Crippen LogP contribution in [0.25, 0.3) is 0 Å². The molecule has 1 N–H and O–H groups in total. The fourth-order valence-electron chi connectivity index (χ4n) is 3.89. The molecule has 0 spiro atoms. The second-order valence-electron chi connectivity index (χ2n) is 7.35. The van der Waals surface area contributed by atoms with E-state index >= 15 is 0 Å². The zero-order valence-electron chi connectivity index (χ0n) is 16.6. The molecule has 1 aliphatic heterocycles. The molecule has 1 aromatic carbocycles. The molecule has 0 unspecified atom stereocenters. The fourth-order valence-corrected chi connectivity index (χ4v) is 3.89. The molecule has 0 bridgehead atoms. The summed E-state index contributed by atoms with van der Waals surface area (Å²) in [5.74, 6) is 0.656. The summed E-state index contributed by atoms with van der Waals surface area (Å²) < 4.78 is 0.